The number of rotatable bonds is 6. The van der Waals surface area contributed by atoms with E-state index in [0.29, 0.717) is 16.7 Å². The Labute approximate surface area is 111 Å². The molecule has 0 aliphatic carbocycles. The molecule has 102 valence electrons. The lowest BCUT2D eigenvalue weighted by Gasteiger charge is -2.21. The number of hydrogen-bond acceptors (Lipinski definition) is 2. The fourth-order valence-electron chi connectivity index (χ4n) is 2.20. The van der Waals surface area contributed by atoms with E-state index in [1.54, 1.807) is 24.3 Å². The van der Waals surface area contributed by atoms with Crippen LogP contribution >= 0.6 is 0 Å². The normalized spacial score (nSPS) is 12.6. The summed E-state index contributed by atoms with van der Waals surface area (Å²) in [6.07, 6.45) is 1.46. The summed E-state index contributed by atoms with van der Waals surface area (Å²) in [6.45, 7) is 8.31. The molecule has 0 saturated heterocycles. The van der Waals surface area contributed by atoms with Gasteiger partial charge >= 0.3 is 0 Å². The minimum absolute atomic E-state index is 0.264. The highest BCUT2D eigenvalue weighted by Crippen LogP contribution is 2.26. The molecule has 3 heteroatoms. The topological polar surface area (TPSA) is 34.1 Å². The predicted octanol–water partition coefficient (Wildman–Crippen LogP) is 3.92. The molecule has 1 aromatic rings. The van der Waals surface area contributed by atoms with Crippen LogP contribution in [0.1, 0.15) is 40.5 Å². The highest BCUT2D eigenvalue weighted by molar-refractivity contribution is 7.92. The van der Waals surface area contributed by atoms with E-state index in [4.69, 9.17) is 0 Å². The van der Waals surface area contributed by atoms with Crippen molar-refractivity contribution in [3.05, 3.63) is 30.3 Å². The minimum atomic E-state index is -3.19. The lowest BCUT2D eigenvalue weighted by molar-refractivity contribution is 0.465. The van der Waals surface area contributed by atoms with E-state index in [9.17, 15) is 8.42 Å². The summed E-state index contributed by atoms with van der Waals surface area (Å²) in [4.78, 5) is 0.455. The van der Waals surface area contributed by atoms with Gasteiger partial charge in [-0.15, -0.1) is 0 Å². The second-order valence-corrected chi connectivity index (χ2v) is 7.97. The third-order valence-corrected chi connectivity index (χ3v) is 5.17. The van der Waals surface area contributed by atoms with Gasteiger partial charge in [-0.05, 0) is 36.8 Å². The quantitative estimate of drug-likeness (QED) is 0.783. The molecule has 0 heterocycles. The molecule has 0 amide bonds. The zero-order valence-corrected chi connectivity index (χ0v) is 12.6. The Hall–Kier alpha value is -0.830. The molecule has 1 aromatic carbocycles. The van der Waals surface area contributed by atoms with E-state index in [-0.39, 0.29) is 5.25 Å². The van der Waals surface area contributed by atoms with Gasteiger partial charge in [0.05, 0.1) is 10.1 Å². The van der Waals surface area contributed by atoms with Crippen LogP contribution in [0.2, 0.25) is 0 Å². The first-order valence-corrected chi connectivity index (χ1v) is 8.17. The number of hydrogen-bond donors (Lipinski definition) is 0. The van der Waals surface area contributed by atoms with Crippen molar-refractivity contribution in [2.45, 2.75) is 50.7 Å². The largest absolute Gasteiger partial charge is 0.223 e. The molecule has 0 bridgehead atoms. The summed E-state index contributed by atoms with van der Waals surface area (Å²) in [6, 6.07) is 8.81. The Morgan fingerprint density at radius 1 is 0.889 bits per heavy atom. The number of benzene rings is 1. The van der Waals surface area contributed by atoms with Crippen LogP contribution in [0, 0.1) is 11.8 Å². The minimum Gasteiger partial charge on any atom is -0.223 e. The van der Waals surface area contributed by atoms with Crippen LogP contribution in [0.4, 0.5) is 0 Å². The average molecular weight is 268 g/mol. The van der Waals surface area contributed by atoms with Crippen molar-refractivity contribution in [3.63, 3.8) is 0 Å². The zero-order chi connectivity index (χ0) is 13.8. The van der Waals surface area contributed by atoms with Crippen molar-refractivity contribution in [3.8, 4) is 0 Å². The Morgan fingerprint density at radius 2 is 1.33 bits per heavy atom. The summed E-state index contributed by atoms with van der Waals surface area (Å²) in [5.74, 6) is 0.791. The summed E-state index contributed by atoms with van der Waals surface area (Å²) in [5, 5.41) is -0.264. The molecule has 2 nitrogen and oxygen atoms in total. The predicted molar refractivity (Wildman–Crippen MR) is 76.3 cm³/mol. The highest BCUT2D eigenvalue weighted by atomic mass is 32.2. The molecule has 0 spiro atoms. The van der Waals surface area contributed by atoms with E-state index in [1.807, 2.05) is 6.07 Å². The Balaban J connectivity index is 3.03. The smallest absolute Gasteiger partial charge is 0.181 e. The molecule has 0 aromatic heterocycles. The third kappa shape index (κ3) is 4.13. The fraction of sp³-hybridized carbons (Fsp3) is 0.600. The van der Waals surface area contributed by atoms with Crippen molar-refractivity contribution in [2.24, 2.45) is 11.8 Å². The molecule has 1 rings (SSSR count). The van der Waals surface area contributed by atoms with Crippen molar-refractivity contribution in [2.75, 3.05) is 0 Å². The first-order chi connectivity index (χ1) is 8.34. The SMILES string of the molecule is CC(C)CC(CC(C)C)S(=O)(=O)c1ccccc1. The molecule has 18 heavy (non-hydrogen) atoms. The second-order valence-electron chi connectivity index (χ2n) is 5.74. The summed E-state index contributed by atoms with van der Waals surface area (Å²) in [5.41, 5.74) is 0. The van der Waals surface area contributed by atoms with E-state index in [0.717, 1.165) is 12.8 Å². The zero-order valence-electron chi connectivity index (χ0n) is 11.8. The number of sulfone groups is 1. The van der Waals surface area contributed by atoms with Crippen LogP contribution in [0.5, 0.6) is 0 Å². The molecule has 0 atom stereocenters. The van der Waals surface area contributed by atoms with Gasteiger partial charge < -0.3 is 0 Å². The van der Waals surface area contributed by atoms with Crippen LogP contribution in [-0.2, 0) is 9.84 Å². The Kier molecular flexibility index (Phi) is 5.39. The molecular formula is C15H24O2S. The molecular weight excluding hydrogens is 244 g/mol. The van der Waals surface area contributed by atoms with E-state index in [2.05, 4.69) is 27.7 Å². The van der Waals surface area contributed by atoms with Crippen molar-refractivity contribution in [1.29, 1.82) is 0 Å². The van der Waals surface area contributed by atoms with Crippen molar-refractivity contribution < 1.29 is 8.42 Å². The highest BCUT2D eigenvalue weighted by Gasteiger charge is 2.28. The van der Waals surface area contributed by atoms with Crippen LogP contribution in [0.15, 0.2) is 35.2 Å². The van der Waals surface area contributed by atoms with Crippen molar-refractivity contribution in [1.82, 2.24) is 0 Å². The van der Waals surface area contributed by atoms with E-state index >= 15 is 0 Å². The van der Waals surface area contributed by atoms with Gasteiger partial charge in [0.25, 0.3) is 0 Å². The van der Waals surface area contributed by atoms with Crippen LogP contribution < -0.4 is 0 Å². The molecule has 0 aliphatic heterocycles. The Bertz CT molecular complexity index is 437. The fourth-order valence-corrected chi connectivity index (χ4v) is 4.40. The van der Waals surface area contributed by atoms with Gasteiger partial charge in [0.15, 0.2) is 9.84 Å². The first kappa shape index (κ1) is 15.2. The maximum absolute atomic E-state index is 12.6. The lowest BCUT2D eigenvalue weighted by atomic mass is 10.0. The van der Waals surface area contributed by atoms with Gasteiger partial charge in [0.2, 0.25) is 0 Å². The molecule has 0 fully saturated rings. The van der Waals surface area contributed by atoms with Crippen LogP contribution in [0.3, 0.4) is 0 Å². The van der Waals surface area contributed by atoms with Gasteiger partial charge in [-0.2, -0.15) is 0 Å². The average Bonchev–Trinajstić information content (AvgIpc) is 2.28. The maximum atomic E-state index is 12.6. The summed E-state index contributed by atoms with van der Waals surface area (Å²) >= 11 is 0. The maximum Gasteiger partial charge on any atom is 0.181 e. The molecule has 0 radical (unpaired) electrons. The lowest BCUT2D eigenvalue weighted by Crippen LogP contribution is -2.25. The molecule has 0 aliphatic rings. The first-order valence-electron chi connectivity index (χ1n) is 6.63. The third-order valence-electron chi connectivity index (χ3n) is 2.98. The summed E-state index contributed by atoms with van der Waals surface area (Å²) in [7, 11) is -3.19. The second kappa shape index (κ2) is 6.37. The molecule has 0 saturated carbocycles. The van der Waals surface area contributed by atoms with Gasteiger partial charge in [0, 0.05) is 0 Å². The van der Waals surface area contributed by atoms with Gasteiger partial charge in [0.1, 0.15) is 0 Å². The Morgan fingerprint density at radius 3 is 1.72 bits per heavy atom. The van der Waals surface area contributed by atoms with E-state index < -0.39 is 9.84 Å². The van der Waals surface area contributed by atoms with E-state index in [1.165, 1.54) is 0 Å². The van der Waals surface area contributed by atoms with Crippen molar-refractivity contribution >= 4 is 9.84 Å². The van der Waals surface area contributed by atoms with Gasteiger partial charge in [-0.3, -0.25) is 0 Å². The van der Waals surface area contributed by atoms with Gasteiger partial charge in [-0.1, -0.05) is 45.9 Å². The van der Waals surface area contributed by atoms with Gasteiger partial charge in [-0.25, -0.2) is 8.42 Å². The molecule has 0 unspecified atom stereocenters. The molecule has 0 N–H and O–H groups in total. The van der Waals surface area contributed by atoms with Crippen LogP contribution in [0.25, 0.3) is 0 Å². The monoisotopic (exact) mass is 268 g/mol. The summed E-state index contributed by atoms with van der Waals surface area (Å²) < 4.78 is 25.2. The van der Waals surface area contributed by atoms with Crippen LogP contribution in [-0.4, -0.2) is 13.7 Å². The standard InChI is InChI=1S/C15H24O2S/c1-12(2)10-15(11-13(3)4)18(16,17)14-8-6-5-7-9-14/h5-9,12-13,15H,10-11H2,1-4H3.